The number of amides is 1. The molecule has 0 saturated carbocycles. The molecule has 1 aliphatic heterocycles. The van der Waals surface area contributed by atoms with Crippen molar-refractivity contribution in [1.82, 2.24) is 9.80 Å². The first-order chi connectivity index (χ1) is 11.1. The van der Waals surface area contributed by atoms with Gasteiger partial charge in [-0.25, -0.2) is 4.79 Å². The Morgan fingerprint density at radius 2 is 1.96 bits per heavy atom. The normalized spacial score (nSPS) is 16.1. The smallest absolute Gasteiger partial charge is 0.410 e. The SMILES string of the molecule is CC(C)N(CCO)C1CCN(C(=O)OCc2ccccc2)CC1. The summed E-state index contributed by atoms with van der Waals surface area (Å²) in [5.74, 6) is 0. The van der Waals surface area contributed by atoms with E-state index in [0.717, 1.165) is 18.4 Å². The maximum absolute atomic E-state index is 12.2. The first kappa shape index (κ1) is 17.8. The number of ether oxygens (including phenoxy) is 1. The van der Waals surface area contributed by atoms with Gasteiger partial charge in [0, 0.05) is 31.7 Å². The fourth-order valence-electron chi connectivity index (χ4n) is 3.17. The third-order valence-electron chi connectivity index (χ3n) is 4.42. The topological polar surface area (TPSA) is 53.0 Å². The number of nitrogens with zero attached hydrogens (tertiary/aromatic N) is 2. The van der Waals surface area contributed by atoms with E-state index in [0.29, 0.717) is 38.3 Å². The number of benzene rings is 1. The lowest BCUT2D eigenvalue weighted by molar-refractivity contribution is 0.0518. The van der Waals surface area contributed by atoms with Crippen molar-refractivity contribution in [1.29, 1.82) is 0 Å². The zero-order chi connectivity index (χ0) is 16.7. The van der Waals surface area contributed by atoms with E-state index in [-0.39, 0.29) is 12.7 Å². The minimum absolute atomic E-state index is 0.178. The van der Waals surface area contributed by atoms with Gasteiger partial charge in [-0.1, -0.05) is 30.3 Å². The second-order valence-electron chi connectivity index (χ2n) is 6.31. The third kappa shape index (κ3) is 5.22. The molecular weight excluding hydrogens is 292 g/mol. The summed E-state index contributed by atoms with van der Waals surface area (Å²) in [7, 11) is 0. The van der Waals surface area contributed by atoms with Crippen LogP contribution in [0.4, 0.5) is 4.79 Å². The first-order valence-electron chi connectivity index (χ1n) is 8.44. The van der Waals surface area contributed by atoms with Gasteiger partial charge in [0.2, 0.25) is 0 Å². The van der Waals surface area contributed by atoms with Crippen molar-refractivity contribution in [3.05, 3.63) is 35.9 Å². The molecule has 0 bridgehead atoms. The van der Waals surface area contributed by atoms with E-state index in [1.54, 1.807) is 4.90 Å². The summed E-state index contributed by atoms with van der Waals surface area (Å²) < 4.78 is 5.39. The van der Waals surface area contributed by atoms with Gasteiger partial charge in [0.15, 0.2) is 0 Å². The number of aliphatic hydroxyl groups excluding tert-OH is 1. The minimum Gasteiger partial charge on any atom is -0.445 e. The standard InChI is InChI=1S/C18H28N2O3/c1-15(2)20(12-13-21)17-8-10-19(11-9-17)18(22)23-14-16-6-4-3-5-7-16/h3-7,15,17,21H,8-14H2,1-2H3. The summed E-state index contributed by atoms with van der Waals surface area (Å²) in [5.41, 5.74) is 1.00. The summed E-state index contributed by atoms with van der Waals surface area (Å²) in [6.07, 6.45) is 1.63. The van der Waals surface area contributed by atoms with Crippen LogP contribution in [0.1, 0.15) is 32.3 Å². The van der Waals surface area contributed by atoms with Crippen LogP contribution in [0, 0.1) is 0 Å². The molecule has 1 N–H and O–H groups in total. The molecule has 0 atom stereocenters. The Balaban J connectivity index is 1.78. The highest BCUT2D eigenvalue weighted by atomic mass is 16.6. The van der Waals surface area contributed by atoms with E-state index < -0.39 is 0 Å². The molecular formula is C18H28N2O3. The molecule has 1 fully saturated rings. The minimum atomic E-state index is -0.231. The van der Waals surface area contributed by atoms with Gasteiger partial charge in [-0.05, 0) is 32.3 Å². The second-order valence-corrected chi connectivity index (χ2v) is 6.31. The molecule has 2 rings (SSSR count). The van der Waals surface area contributed by atoms with Crippen LogP contribution in [0.2, 0.25) is 0 Å². The molecule has 0 unspecified atom stereocenters. The van der Waals surface area contributed by atoms with Crippen LogP contribution in [0.3, 0.4) is 0 Å². The molecule has 5 heteroatoms. The zero-order valence-corrected chi connectivity index (χ0v) is 14.1. The molecule has 1 aliphatic rings. The van der Waals surface area contributed by atoms with Crippen LogP contribution in [-0.2, 0) is 11.3 Å². The predicted molar refractivity (Wildman–Crippen MR) is 90.1 cm³/mol. The van der Waals surface area contributed by atoms with E-state index in [1.807, 2.05) is 30.3 Å². The largest absolute Gasteiger partial charge is 0.445 e. The van der Waals surface area contributed by atoms with Crippen molar-refractivity contribution < 1.29 is 14.6 Å². The van der Waals surface area contributed by atoms with E-state index in [9.17, 15) is 9.90 Å². The summed E-state index contributed by atoms with van der Waals surface area (Å²) >= 11 is 0. The Morgan fingerprint density at radius 1 is 1.30 bits per heavy atom. The molecule has 0 radical (unpaired) electrons. The molecule has 23 heavy (non-hydrogen) atoms. The summed E-state index contributed by atoms with van der Waals surface area (Å²) in [6, 6.07) is 10.6. The molecule has 0 aliphatic carbocycles. The van der Waals surface area contributed by atoms with Crippen LogP contribution in [-0.4, -0.2) is 59.3 Å². The number of hydrogen-bond acceptors (Lipinski definition) is 4. The van der Waals surface area contributed by atoms with E-state index in [4.69, 9.17) is 4.74 Å². The molecule has 0 spiro atoms. The molecule has 0 aromatic heterocycles. The van der Waals surface area contributed by atoms with E-state index >= 15 is 0 Å². The number of rotatable bonds is 6. The average molecular weight is 320 g/mol. The zero-order valence-electron chi connectivity index (χ0n) is 14.1. The molecule has 5 nitrogen and oxygen atoms in total. The van der Waals surface area contributed by atoms with Gasteiger partial charge in [0.1, 0.15) is 6.61 Å². The van der Waals surface area contributed by atoms with Crippen molar-refractivity contribution in [2.45, 2.75) is 45.4 Å². The first-order valence-corrected chi connectivity index (χ1v) is 8.44. The Kier molecular flexibility index (Phi) is 6.86. The summed E-state index contributed by atoms with van der Waals surface area (Å²) in [6.45, 7) is 6.92. The molecule has 128 valence electrons. The van der Waals surface area contributed by atoms with Gasteiger partial charge < -0.3 is 14.7 Å². The van der Waals surface area contributed by atoms with Gasteiger partial charge in [-0.3, -0.25) is 4.90 Å². The monoisotopic (exact) mass is 320 g/mol. The quantitative estimate of drug-likeness (QED) is 0.875. The Hall–Kier alpha value is -1.59. The number of hydrogen-bond donors (Lipinski definition) is 1. The van der Waals surface area contributed by atoms with Crippen molar-refractivity contribution in [2.24, 2.45) is 0 Å². The van der Waals surface area contributed by atoms with E-state index in [2.05, 4.69) is 18.7 Å². The summed E-state index contributed by atoms with van der Waals surface area (Å²) in [4.78, 5) is 16.3. The molecule has 1 amide bonds. The number of likely N-dealkylation sites (tertiary alicyclic amines) is 1. The molecule has 1 heterocycles. The number of carbonyl (C=O) groups is 1. The molecule has 1 aromatic rings. The molecule has 1 saturated heterocycles. The number of aliphatic hydroxyl groups is 1. The van der Waals surface area contributed by atoms with E-state index in [1.165, 1.54) is 0 Å². The highest BCUT2D eigenvalue weighted by Gasteiger charge is 2.28. The van der Waals surface area contributed by atoms with Crippen molar-refractivity contribution in [2.75, 3.05) is 26.2 Å². The number of piperidine rings is 1. The Morgan fingerprint density at radius 3 is 2.52 bits per heavy atom. The lowest BCUT2D eigenvalue weighted by Crippen LogP contribution is -2.49. The summed E-state index contributed by atoms with van der Waals surface area (Å²) in [5, 5.41) is 9.21. The third-order valence-corrected chi connectivity index (χ3v) is 4.42. The van der Waals surface area contributed by atoms with Gasteiger partial charge in [0.05, 0.1) is 6.61 Å². The highest BCUT2D eigenvalue weighted by Crippen LogP contribution is 2.19. The van der Waals surface area contributed by atoms with Gasteiger partial charge in [-0.2, -0.15) is 0 Å². The van der Waals surface area contributed by atoms with Crippen LogP contribution in [0.5, 0.6) is 0 Å². The van der Waals surface area contributed by atoms with Gasteiger partial charge in [-0.15, -0.1) is 0 Å². The van der Waals surface area contributed by atoms with Gasteiger partial charge >= 0.3 is 6.09 Å². The number of carbonyl (C=O) groups excluding carboxylic acids is 1. The van der Waals surface area contributed by atoms with Gasteiger partial charge in [0.25, 0.3) is 0 Å². The fourth-order valence-corrected chi connectivity index (χ4v) is 3.17. The van der Waals surface area contributed by atoms with Crippen LogP contribution < -0.4 is 0 Å². The lowest BCUT2D eigenvalue weighted by Gasteiger charge is -2.40. The van der Waals surface area contributed by atoms with Crippen molar-refractivity contribution in [3.8, 4) is 0 Å². The second kappa shape index (κ2) is 8.89. The maximum Gasteiger partial charge on any atom is 0.410 e. The van der Waals surface area contributed by atoms with Crippen LogP contribution in [0.25, 0.3) is 0 Å². The lowest BCUT2D eigenvalue weighted by atomic mass is 10.0. The fraction of sp³-hybridized carbons (Fsp3) is 0.611. The predicted octanol–water partition coefficient (Wildman–Crippen LogP) is 2.49. The van der Waals surface area contributed by atoms with Crippen LogP contribution in [0.15, 0.2) is 30.3 Å². The maximum atomic E-state index is 12.2. The Labute approximate surface area is 138 Å². The average Bonchev–Trinajstić information content (AvgIpc) is 2.58. The highest BCUT2D eigenvalue weighted by molar-refractivity contribution is 5.67. The van der Waals surface area contributed by atoms with Crippen LogP contribution >= 0.6 is 0 Å². The molecule has 1 aromatic carbocycles. The van der Waals surface area contributed by atoms with Crippen molar-refractivity contribution in [3.63, 3.8) is 0 Å². The van der Waals surface area contributed by atoms with Crippen molar-refractivity contribution >= 4 is 6.09 Å². The Bertz CT molecular complexity index is 470.